The van der Waals surface area contributed by atoms with Gasteiger partial charge in [-0.15, -0.1) is 0 Å². The van der Waals surface area contributed by atoms with Crippen LogP contribution in [0.25, 0.3) is 0 Å². The highest BCUT2D eigenvalue weighted by Gasteiger charge is 2.64. The number of esters is 3. The first kappa shape index (κ1) is 131. The van der Waals surface area contributed by atoms with Gasteiger partial charge >= 0.3 is 17.9 Å². The van der Waals surface area contributed by atoms with E-state index < -0.39 is 23.0 Å². The van der Waals surface area contributed by atoms with Crippen LogP contribution in [-0.2, 0) is 33.3 Å². The molecular weight excluding hydrogens is 1630 g/mol. The number of hydrogen-bond donors (Lipinski definition) is 0. The third-order valence-electron chi connectivity index (χ3n) is 30.9. The molecule has 794 valence electrons. The van der Waals surface area contributed by atoms with Crippen LogP contribution in [0, 0.1) is 5.41 Å². The molecule has 7 heteroatoms. The lowest BCUT2D eigenvalue weighted by molar-refractivity contribution is -0.215. The molecule has 0 N–H and O–H groups in total. The zero-order chi connectivity index (χ0) is 95.9. The molecule has 0 aromatic carbocycles. The molecule has 0 radical (unpaired) electrons. The highest BCUT2D eigenvalue weighted by atomic mass is 16.6. The van der Waals surface area contributed by atoms with Crippen LogP contribution in [0.5, 0.6) is 0 Å². The lowest BCUT2D eigenvalue weighted by Gasteiger charge is -2.46. The van der Waals surface area contributed by atoms with E-state index in [4.69, 9.17) is 18.9 Å². The summed E-state index contributed by atoms with van der Waals surface area (Å²) in [5, 5.41) is 0. The second-order valence-electron chi connectivity index (χ2n) is 44.0. The Morgan fingerprint density at radius 3 is 0.436 bits per heavy atom. The first-order valence-electron chi connectivity index (χ1n) is 63.0. The van der Waals surface area contributed by atoms with Gasteiger partial charge in [0.1, 0.15) is 5.41 Å². The van der Waals surface area contributed by atoms with E-state index in [-0.39, 0.29) is 19.0 Å². The predicted octanol–water partition coefficient (Wildman–Crippen LogP) is 44.8. The first-order chi connectivity index (χ1) is 65.8. The predicted molar refractivity (Wildman–Crippen MR) is 591 cm³/mol. The average molecular weight is 1880 g/mol. The third kappa shape index (κ3) is 93.8. The van der Waals surface area contributed by atoms with E-state index in [1.54, 1.807) is 0 Å². The zero-order valence-corrected chi connectivity index (χ0v) is 92.7. The van der Waals surface area contributed by atoms with Crippen LogP contribution >= 0.6 is 0 Å². The van der Waals surface area contributed by atoms with E-state index in [9.17, 15) is 0 Å². The van der Waals surface area contributed by atoms with Gasteiger partial charge in [0.2, 0.25) is 0 Å². The van der Waals surface area contributed by atoms with E-state index in [2.05, 4.69) is 41.5 Å². The Bertz CT molecular complexity index is 2130. The smallest absolute Gasteiger partial charge is 0.340 e. The molecule has 1 unspecified atom stereocenters. The largest absolute Gasteiger partial charge is 0.466 e. The van der Waals surface area contributed by atoms with Crippen molar-refractivity contribution in [2.24, 2.45) is 5.41 Å². The van der Waals surface area contributed by atoms with Crippen LogP contribution in [0.1, 0.15) is 754 Å². The molecule has 7 nitrogen and oxygen atoms in total. The zero-order valence-electron chi connectivity index (χ0n) is 92.7. The number of rotatable bonds is 120. The van der Waals surface area contributed by atoms with Crippen LogP contribution < -0.4 is 0 Å². The Kier molecular flexibility index (Phi) is 113. The minimum absolute atomic E-state index is 0.263. The average Bonchev–Trinajstić information content (AvgIpc) is 0.737. The summed E-state index contributed by atoms with van der Waals surface area (Å²) in [6.07, 6.45) is 140. The summed E-state index contributed by atoms with van der Waals surface area (Å²) >= 11 is 0. The quantitative estimate of drug-likeness (QED) is 0.0340. The molecule has 0 aliphatic heterocycles. The maximum atomic E-state index is 16.5. The summed E-state index contributed by atoms with van der Waals surface area (Å²) in [7, 11) is 0. The van der Waals surface area contributed by atoms with E-state index in [0.717, 1.165) is 116 Å². The van der Waals surface area contributed by atoms with Gasteiger partial charge in [0.25, 0.3) is 0 Å². The Balaban J connectivity index is 7.29. The van der Waals surface area contributed by atoms with Crippen molar-refractivity contribution in [3.8, 4) is 0 Å². The molecule has 1 atom stereocenters. The van der Waals surface area contributed by atoms with Gasteiger partial charge in [-0.2, -0.15) is 0 Å². The molecule has 0 amide bonds. The maximum Gasteiger partial charge on any atom is 0.340 e. The van der Waals surface area contributed by atoms with Gasteiger partial charge in [0, 0.05) is 6.61 Å². The molecule has 0 saturated carbocycles. The first-order valence-corrected chi connectivity index (χ1v) is 63.0. The van der Waals surface area contributed by atoms with Crippen LogP contribution in [0.3, 0.4) is 0 Å². The minimum Gasteiger partial charge on any atom is -0.466 e. The molecule has 0 aliphatic carbocycles. The monoisotopic (exact) mass is 1870 g/mol. The highest BCUT2D eigenvalue weighted by Crippen LogP contribution is 2.49. The molecule has 0 fully saturated rings. The van der Waals surface area contributed by atoms with E-state index in [1.807, 2.05) is 0 Å². The Morgan fingerprint density at radius 2 is 0.271 bits per heavy atom. The van der Waals surface area contributed by atoms with Crippen molar-refractivity contribution in [3.63, 3.8) is 0 Å². The second kappa shape index (κ2) is 114. The fourth-order valence-corrected chi connectivity index (χ4v) is 21.5. The lowest BCUT2D eigenvalue weighted by atomic mass is 9.63. The van der Waals surface area contributed by atoms with Crippen molar-refractivity contribution in [1.29, 1.82) is 0 Å². The van der Waals surface area contributed by atoms with Gasteiger partial charge < -0.3 is 18.9 Å². The number of carbonyl (C=O) groups excluding carboxylic acids is 3. The summed E-state index contributed by atoms with van der Waals surface area (Å²) < 4.78 is 27.6. The number of ether oxygens (including phenoxy) is 4. The third-order valence-corrected chi connectivity index (χ3v) is 30.9. The fraction of sp³-hybridized carbons (Fsp3) is 0.976. The standard InChI is InChI=1S/C126H248O7/c1-7-13-19-25-31-37-43-49-55-61-64-67-70-73-79-85-91-97-103-109-115-125(123(128)131-118-112-106-100-94-88-82-76-59-53-47-41-35-29-23-17-11-5,116-110-104-98-92-86-80-74-71-68-65-62-56-50-44-38-32-26-20-14-8-2)126(124(129)132-119-113-107-101-95-89-83-77-60-54-48-42-36-30-24-18-12-6,121-122(127)130-117-111-105-99-93-87-81-75-58-52-46-40-34-28-22-16-10-4)133-120-114-108-102-96-90-84-78-72-69-66-63-57-51-45-39-33-27-21-15-9-3/h7-121H2,1-6H3. The van der Waals surface area contributed by atoms with Crippen LogP contribution in [0.4, 0.5) is 0 Å². The summed E-state index contributed by atoms with van der Waals surface area (Å²) in [5.74, 6) is -1.26. The fourth-order valence-electron chi connectivity index (χ4n) is 21.5. The molecule has 0 aromatic rings. The molecule has 0 spiro atoms. The Hall–Kier alpha value is -1.63. The molecule has 0 aromatic heterocycles. The molecular formula is C126H248O7. The van der Waals surface area contributed by atoms with Gasteiger partial charge in [-0.1, -0.05) is 709 Å². The molecule has 0 rings (SSSR count). The second-order valence-corrected chi connectivity index (χ2v) is 44.0. The van der Waals surface area contributed by atoms with Crippen molar-refractivity contribution < 1.29 is 33.3 Å². The van der Waals surface area contributed by atoms with Gasteiger partial charge in [-0.25, -0.2) is 4.79 Å². The number of carbonyl (C=O) groups is 3. The summed E-state index contributed by atoms with van der Waals surface area (Å²) in [6, 6.07) is 0. The normalized spacial score (nSPS) is 12.3. The number of hydrogen-bond acceptors (Lipinski definition) is 7. The Labute approximate surface area is 837 Å². The van der Waals surface area contributed by atoms with Crippen molar-refractivity contribution in [1.82, 2.24) is 0 Å². The van der Waals surface area contributed by atoms with E-state index in [0.29, 0.717) is 32.7 Å². The molecule has 0 heterocycles. The van der Waals surface area contributed by atoms with Crippen molar-refractivity contribution in [2.45, 2.75) is 760 Å². The van der Waals surface area contributed by atoms with Crippen LogP contribution in [-0.4, -0.2) is 49.9 Å². The molecule has 133 heavy (non-hydrogen) atoms. The SMILES string of the molecule is CCCCCCCCCCCCCCCCCCCCCCOC(CC(=O)OCCCCCCCCCCCCCCCCCC)(C(=O)OCCCCCCCCCCCCCCCCCC)C(CCCCCCCCCCCCCCCCCCCCCC)(CCCCCCCCCCCCCCCCCCCCCC)C(=O)OCCCCCCCCCCCCCCCCCC. The molecule has 0 saturated heterocycles. The van der Waals surface area contributed by atoms with E-state index >= 15 is 14.4 Å². The van der Waals surface area contributed by atoms with Gasteiger partial charge in [0.05, 0.1) is 26.2 Å². The van der Waals surface area contributed by atoms with Gasteiger partial charge in [-0.3, -0.25) is 9.59 Å². The topological polar surface area (TPSA) is 88.1 Å². The van der Waals surface area contributed by atoms with Crippen LogP contribution in [0.15, 0.2) is 0 Å². The van der Waals surface area contributed by atoms with Gasteiger partial charge in [0.15, 0.2) is 5.60 Å². The Morgan fingerprint density at radius 1 is 0.143 bits per heavy atom. The van der Waals surface area contributed by atoms with Gasteiger partial charge in [-0.05, 0) is 38.5 Å². The maximum absolute atomic E-state index is 16.5. The number of unbranched alkanes of at least 4 members (excludes halogenated alkanes) is 102. The van der Waals surface area contributed by atoms with Crippen LogP contribution in [0.2, 0.25) is 0 Å². The van der Waals surface area contributed by atoms with Crippen molar-refractivity contribution >= 4 is 17.9 Å². The van der Waals surface area contributed by atoms with Crippen molar-refractivity contribution in [3.05, 3.63) is 0 Å². The summed E-state index contributed by atoms with van der Waals surface area (Å²) in [4.78, 5) is 48.4. The minimum atomic E-state index is -1.88. The molecule has 0 bridgehead atoms. The lowest BCUT2D eigenvalue weighted by Crippen LogP contribution is -2.62. The van der Waals surface area contributed by atoms with Crippen molar-refractivity contribution in [2.75, 3.05) is 26.4 Å². The summed E-state index contributed by atoms with van der Waals surface area (Å²) in [5.41, 5.74) is -3.30. The summed E-state index contributed by atoms with van der Waals surface area (Å²) in [6.45, 7) is 15.1. The van der Waals surface area contributed by atoms with E-state index in [1.165, 1.54) is 578 Å². The molecule has 0 aliphatic rings. The highest BCUT2D eigenvalue weighted by molar-refractivity contribution is 5.94.